The van der Waals surface area contributed by atoms with Gasteiger partial charge in [-0.1, -0.05) is 44.2 Å². The second-order valence-corrected chi connectivity index (χ2v) is 5.81. The molecule has 0 aliphatic carbocycles. The quantitative estimate of drug-likeness (QED) is 0.620. The van der Waals surface area contributed by atoms with Crippen LogP contribution < -0.4 is 5.32 Å². The number of benzene rings is 1. The molecule has 1 unspecified atom stereocenters. The summed E-state index contributed by atoms with van der Waals surface area (Å²) in [6.07, 6.45) is 6.47. The van der Waals surface area contributed by atoms with Crippen LogP contribution in [0, 0.1) is 0 Å². The molecule has 1 rings (SSSR count). The Balaban J connectivity index is 2.39. The third-order valence-corrected chi connectivity index (χ3v) is 3.75. The predicted molar refractivity (Wildman–Crippen MR) is 81.0 cm³/mol. The van der Waals surface area contributed by atoms with Crippen molar-refractivity contribution < 1.29 is 0 Å². The van der Waals surface area contributed by atoms with Gasteiger partial charge in [-0.15, -0.1) is 0 Å². The number of hydrogen-bond donors (Lipinski definition) is 1. The average Bonchev–Trinajstić information content (AvgIpc) is 2.29. The third kappa shape index (κ3) is 5.78. The van der Waals surface area contributed by atoms with Crippen molar-refractivity contribution in [2.45, 2.75) is 52.0 Å². The maximum Gasteiger partial charge on any atom is 0.0501 e. The molecule has 0 radical (unpaired) electrons. The maximum atomic E-state index is 5.99. The Labute approximate surface area is 118 Å². The second-order valence-electron chi connectivity index (χ2n) is 4.52. The zero-order valence-corrected chi connectivity index (χ0v) is 12.9. The van der Waals surface area contributed by atoms with E-state index < -0.39 is 0 Å². The Morgan fingerprint density at radius 1 is 1.29 bits per heavy atom. The van der Waals surface area contributed by atoms with Crippen molar-refractivity contribution in [2.75, 3.05) is 5.32 Å². The molecule has 0 spiro atoms. The summed E-state index contributed by atoms with van der Waals surface area (Å²) in [4.78, 5) is 0. The van der Waals surface area contributed by atoms with Gasteiger partial charge in [0.05, 0.1) is 5.69 Å². The van der Waals surface area contributed by atoms with E-state index in [-0.39, 0.29) is 0 Å². The summed E-state index contributed by atoms with van der Waals surface area (Å²) in [6.45, 7) is 4.46. The minimum atomic E-state index is 0.488. The lowest BCUT2D eigenvalue weighted by Gasteiger charge is -2.16. The molecule has 0 amide bonds. The first-order chi connectivity index (χ1) is 8.13. The maximum absolute atomic E-state index is 5.99. The van der Waals surface area contributed by atoms with Crippen molar-refractivity contribution in [1.82, 2.24) is 0 Å². The van der Waals surface area contributed by atoms with E-state index in [4.69, 9.17) is 11.6 Å². The summed E-state index contributed by atoms with van der Waals surface area (Å²) < 4.78 is 1.07. The van der Waals surface area contributed by atoms with E-state index in [1.165, 1.54) is 32.1 Å². The fourth-order valence-corrected chi connectivity index (χ4v) is 2.36. The molecule has 0 heterocycles. The Morgan fingerprint density at radius 3 is 2.76 bits per heavy atom. The molecule has 0 bridgehead atoms. The molecule has 96 valence electrons. The summed E-state index contributed by atoms with van der Waals surface area (Å²) in [5, 5.41) is 4.27. The Morgan fingerprint density at radius 2 is 2.06 bits per heavy atom. The highest BCUT2D eigenvalue weighted by Crippen LogP contribution is 2.27. The van der Waals surface area contributed by atoms with E-state index in [0.717, 1.165) is 15.2 Å². The number of rotatable bonds is 7. The van der Waals surface area contributed by atoms with E-state index in [1.807, 2.05) is 18.2 Å². The normalized spacial score (nSPS) is 12.5. The summed E-state index contributed by atoms with van der Waals surface area (Å²) in [7, 11) is 0. The molecule has 0 aromatic heterocycles. The van der Waals surface area contributed by atoms with Crippen molar-refractivity contribution >= 4 is 33.2 Å². The highest BCUT2D eigenvalue weighted by molar-refractivity contribution is 9.10. The molecule has 1 nitrogen and oxygen atoms in total. The van der Waals surface area contributed by atoms with Crippen LogP contribution in [0.25, 0.3) is 0 Å². The average molecular weight is 319 g/mol. The first-order valence-corrected chi connectivity index (χ1v) is 7.52. The zero-order chi connectivity index (χ0) is 12.7. The molecule has 1 atom stereocenters. The largest absolute Gasteiger partial charge is 0.382 e. The molecule has 1 aromatic rings. The summed E-state index contributed by atoms with van der Waals surface area (Å²) in [5.74, 6) is 0. The molecule has 1 N–H and O–H groups in total. The highest BCUT2D eigenvalue weighted by atomic mass is 79.9. The predicted octanol–water partition coefficient (Wildman–Crippen LogP) is 5.87. The number of hydrogen-bond acceptors (Lipinski definition) is 1. The fraction of sp³-hybridized carbons (Fsp3) is 0.571. The van der Waals surface area contributed by atoms with Crippen LogP contribution in [-0.2, 0) is 0 Å². The SMILES string of the molecule is CCCCCCC(C)Nc1cc(Cl)ccc1Br. The van der Waals surface area contributed by atoms with Gasteiger partial charge in [0, 0.05) is 15.5 Å². The lowest BCUT2D eigenvalue weighted by atomic mass is 10.1. The van der Waals surface area contributed by atoms with Gasteiger partial charge in [-0.3, -0.25) is 0 Å². The standard InChI is InChI=1S/C14H21BrClN/c1-3-4-5-6-7-11(2)17-14-10-12(16)8-9-13(14)15/h8-11,17H,3-7H2,1-2H3. The fourth-order valence-electron chi connectivity index (χ4n) is 1.82. The minimum Gasteiger partial charge on any atom is -0.382 e. The van der Waals surface area contributed by atoms with Gasteiger partial charge < -0.3 is 5.32 Å². The lowest BCUT2D eigenvalue weighted by Crippen LogP contribution is -2.15. The van der Waals surface area contributed by atoms with Gasteiger partial charge in [0.2, 0.25) is 0 Å². The van der Waals surface area contributed by atoms with Crippen LogP contribution in [0.1, 0.15) is 46.0 Å². The molecule has 3 heteroatoms. The topological polar surface area (TPSA) is 12.0 Å². The number of anilines is 1. The summed E-state index contributed by atoms with van der Waals surface area (Å²) >= 11 is 9.52. The molecule has 0 saturated heterocycles. The Hall–Kier alpha value is -0.210. The molecular weight excluding hydrogens is 298 g/mol. The molecule has 0 fully saturated rings. The van der Waals surface area contributed by atoms with Crippen molar-refractivity contribution in [1.29, 1.82) is 0 Å². The van der Waals surface area contributed by atoms with E-state index >= 15 is 0 Å². The van der Waals surface area contributed by atoms with Crippen LogP contribution in [0.2, 0.25) is 5.02 Å². The van der Waals surface area contributed by atoms with Gasteiger partial charge in [0.15, 0.2) is 0 Å². The number of nitrogens with one attached hydrogen (secondary N) is 1. The molecule has 17 heavy (non-hydrogen) atoms. The Bertz CT molecular complexity index is 341. The van der Waals surface area contributed by atoms with Gasteiger partial charge in [-0.25, -0.2) is 0 Å². The van der Waals surface area contributed by atoms with Crippen LogP contribution in [0.4, 0.5) is 5.69 Å². The second kappa shape index (κ2) is 7.99. The molecule has 0 aliphatic rings. The number of unbranched alkanes of at least 4 members (excludes halogenated alkanes) is 3. The highest BCUT2D eigenvalue weighted by Gasteiger charge is 2.05. The number of halogens is 2. The first-order valence-electron chi connectivity index (χ1n) is 6.35. The van der Waals surface area contributed by atoms with E-state index in [1.54, 1.807) is 0 Å². The van der Waals surface area contributed by atoms with Crippen molar-refractivity contribution in [3.05, 3.63) is 27.7 Å². The van der Waals surface area contributed by atoms with Crippen LogP contribution >= 0.6 is 27.5 Å². The van der Waals surface area contributed by atoms with Crippen molar-refractivity contribution in [3.63, 3.8) is 0 Å². The lowest BCUT2D eigenvalue weighted by molar-refractivity contribution is 0.594. The van der Waals surface area contributed by atoms with Gasteiger partial charge in [0.25, 0.3) is 0 Å². The van der Waals surface area contributed by atoms with Gasteiger partial charge in [-0.05, 0) is 47.5 Å². The smallest absolute Gasteiger partial charge is 0.0501 e. The molecule has 1 aromatic carbocycles. The molecule has 0 aliphatic heterocycles. The van der Waals surface area contributed by atoms with Crippen LogP contribution in [0.3, 0.4) is 0 Å². The van der Waals surface area contributed by atoms with Gasteiger partial charge in [-0.2, -0.15) is 0 Å². The first kappa shape index (κ1) is 14.8. The van der Waals surface area contributed by atoms with E-state index in [9.17, 15) is 0 Å². The van der Waals surface area contributed by atoms with Crippen molar-refractivity contribution in [2.24, 2.45) is 0 Å². The van der Waals surface area contributed by atoms with Crippen LogP contribution in [0.15, 0.2) is 22.7 Å². The van der Waals surface area contributed by atoms with Gasteiger partial charge >= 0.3 is 0 Å². The minimum absolute atomic E-state index is 0.488. The summed E-state index contributed by atoms with van der Waals surface area (Å²) in [5.41, 5.74) is 1.08. The van der Waals surface area contributed by atoms with Crippen molar-refractivity contribution in [3.8, 4) is 0 Å². The van der Waals surface area contributed by atoms with Crippen LogP contribution in [0.5, 0.6) is 0 Å². The zero-order valence-electron chi connectivity index (χ0n) is 10.6. The monoisotopic (exact) mass is 317 g/mol. The molecular formula is C14H21BrClN. The van der Waals surface area contributed by atoms with E-state index in [0.29, 0.717) is 6.04 Å². The van der Waals surface area contributed by atoms with Crippen LogP contribution in [-0.4, -0.2) is 6.04 Å². The Kier molecular flexibility index (Phi) is 6.98. The third-order valence-electron chi connectivity index (χ3n) is 2.82. The van der Waals surface area contributed by atoms with E-state index in [2.05, 4.69) is 35.1 Å². The van der Waals surface area contributed by atoms with Gasteiger partial charge in [0.1, 0.15) is 0 Å². The molecule has 0 saturated carbocycles. The summed E-state index contributed by atoms with van der Waals surface area (Å²) in [6, 6.07) is 6.33.